The van der Waals surface area contributed by atoms with Crippen molar-refractivity contribution in [3.8, 4) is 0 Å². The highest BCUT2D eigenvalue weighted by Crippen LogP contribution is 2.27. The summed E-state index contributed by atoms with van der Waals surface area (Å²) >= 11 is 0. The Bertz CT molecular complexity index is 723. The molecule has 0 unspecified atom stereocenters. The van der Waals surface area contributed by atoms with Crippen molar-refractivity contribution in [1.82, 2.24) is 20.4 Å². The molecule has 1 aliphatic rings. The molecule has 1 N–H and O–H groups in total. The van der Waals surface area contributed by atoms with Crippen LogP contribution in [0.25, 0.3) is 11.1 Å². The van der Waals surface area contributed by atoms with E-state index in [-0.39, 0.29) is 30.3 Å². The van der Waals surface area contributed by atoms with E-state index in [1.807, 2.05) is 24.9 Å². The quantitative estimate of drug-likeness (QED) is 0.919. The number of halogens is 1. The van der Waals surface area contributed by atoms with E-state index in [1.165, 1.54) is 0 Å². The molecule has 6 nitrogen and oxygen atoms in total. The Balaban J connectivity index is 0.00000208. The predicted octanol–water partition coefficient (Wildman–Crippen LogP) is 2.90. The number of carbonyl (C=O) groups excluding carboxylic acids is 1. The molecule has 0 saturated carbocycles. The maximum Gasteiger partial charge on any atom is 0.259 e. The Morgan fingerprint density at radius 1 is 1.38 bits per heavy atom. The van der Waals surface area contributed by atoms with Gasteiger partial charge in [0, 0.05) is 18.8 Å². The summed E-state index contributed by atoms with van der Waals surface area (Å²) in [5.74, 6) is 0.248. The highest BCUT2D eigenvalue weighted by atomic mass is 35.5. The van der Waals surface area contributed by atoms with Crippen molar-refractivity contribution in [1.29, 1.82) is 0 Å². The normalized spacial score (nSPS) is 15.5. The van der Waals surface area contributed by atoms with Crippen LogP contribution in [0.1, 0.15) is 54.4 Å². The summed E-state index contributed by atoms with van der Waals surface area (Å²) < 4.78 is 5.31. The van der Waals surface area contributed by atoms with Crippen LogP contribution in [0.2, 0.25) is 0 Å². The van der Waals surface area contributed by atoms with E-state index in [0.29, 0.717) is 17.0 Å². The molecule has 3 rings (SSSR count). The fraction of sp³-hybridized carbons (Fsp3) is 0.588. The van der Waals surface area contributed by atoms with Gasteiger partial charge in [0.15, 0.2) is 0 Å². The van der Waals surface area contributed by atoms with Crippen LogP contribution < -0.4 is 5.32 Å². The summed E-state index contributed by atoms with van der Waals surface area (Å²) in [6.45, 7) is 7.88. The topological polar surface area (TPSA) is 71.3 Å². The number of aryl methyl sites for hydroxylation is 1. The molecular weight excluding hydrogens is 328 g/mol. The van der Waals surface area contributed by atoms with Crippen molar-refractivity contribution in [2.75, 3.05) is 20.1 Å². The number of amides is 1. The molecule has 0 spiro atoms. The van der Waals surface area contributed by atoms with E-state index in [4.69, 9.17) is 4.52 Å². The molecule has 7 heteroatoms. The Hall–Kier alpha value is -1.66. The van der Waals surface area contributed by atoms with Gasteiger partial charge in [-0.05, 0) is 44.8 Å². The van der Waals surface area contributed by atoms with E-state index >= 15 is 0 Å². The fourth-order valence-corrected chi connectivity index (χ4v) is 3.13. The highest BCUT2D eigenvalue weighted by Gasteiger charge is 2.26. The molecule has 0 aliphatic carbocycles. The number of hydrogen-bond donors (Lipinski definition) is 1. The number of fused-ring (bicyclic) bond motifs is 1. The average Bonchev–Trinajstić information content (AvgIpc) is 2.95. The van der Waals surface area contributed by atoms with Crippen LogP contribution in [0, 0.1) is 6.92 Å². The SMILES string of the molecule is Cc1noc2nc(C(C)C)cc(C(=O)N(C)C3CCNCC3)c12.Cl. The van der Waals surface area contributed by atoms with Gasteiger partial charge < -0.3 is 14.7 Å². The van der Waals surface area contributed by atoms with Crippen LogP contribution in [0.3, 0.4) is 0 Å². The van der Waals surface area contributed by atoms with E-state index < -0.39 is 0 Å². The molecule has 0 atom stereocenters. The lowest BCUT2D eigenvalue weighted by atomic mass is 10.0. The standard InChI is InChI=1S/C17H24N4O2.ClH/c1-10(2)14-9-13(15-11(3)20-23-16(15)19-14)17(22)21(4)12-5-7-18-8-6-12;/h9-10,12,18H,5-8H2,1-4H3;1H. The second kappa shape index (κ2) is 7.49. The van der Waals surface area contributed by atoms with Crippen LogP contribution >= 0.6 is 12.4 Å². The molecule has 0 radical (unpaired) electrons. The Morgan fingerprint density at radius 2 is 2.04 bits per heavy atom. The van der Waals surface area contributed by atoms with Crippen molar-refractivity contribution in [2.45, 2.75) is 45.6 Å². The second-order valence-corrected chi connectivity index (χ2v) is 6.59. The number of aromatic nitrogens is 2. The van der Waals surface area contributed by atoms with Gasteiger partial charge in [0.2, 0.25) is 0 Å². The maximum absolute atomic E-state index is 13.1. The lowest BCUT2D eigenvalue weighted by Gasteiger charge is -2.32. The predicted molar refractivity (Wildman–Crippen MR) is 95.9 cm³/mol. The van der Waals surface area contributed by atoms with Crippen LogP contribution in [0.4, 0.5) is 0 Å². The first-order valence-corrected chi connectivity index (χ1v) is 8.23. The lowest BCUT2D eigenvalue weighted by Crippen LogP contribution is -2.44. The molecule has 1 amide bonds. The van der Waals surface area contributed by atoms with E-state index in [1.54, 1.807) is 0 Å². The molecule has 24 heavy (non-hydrogen) atoms. The zero-order chi connectivity index (χ0) is 16.6. The number of hydrogen-bond acceptors (Lipinski definition) is 5. The van der Waals surface area contributed by atoms with Crippen molar-refractivity contribution in [2.24, 2.45) is 0 Å². The molecule has 132 valence electrons. The molecule has 0 bridgehead atoms. The first-order chi connectivity index (χ1) is 11.0. The molecule has 1 saturated heterocycles. The third-order valence-electron chi connectivity index (χ3n) is 4.64. The minimum atomic E-state index is 0. The zero-order valence-corrected chi connectivity index (χ0v) is 15.4. The van der Waals surface area contributed by atoms with Crippen molar-refractivity contribution in [3.05, 3.63) is 23.0 Å². The van der Waals surface area contributed by atoms with Gasteiger partial charge in [-0.15, -0.1) is 12.4 Å². The summed E-state index contributed by atoms with van der Waals surface area (Å²) in [5.41, 5.74) is 2.68. The monoisotopic (exact) mass is 352 g/mol. The molecule has 2 aromatic heterocycles. The van der Waals surface area contributed by atoms with Crippen LogP contribution in [0.15, 0.2) is 10.6 Å². The minimum Gasteiger partial charge on any atom is -0.339 e. The second-order valence-electron chi connectivity index (χ2n) is 6.59. The number of nitrogens with zero attached hydrogens (tertiary/aromatic N) is 3. The minimum absolute atomic E-state index is 0. The molecule has 2 aromatic rings. The molecule has 1 aliphatic heterocycles. The number of piperidine rings is 1. The third-order valence-corrected chi connectivity index (χ3v) is 4.64. The summed E-state index contributed by atoms with van der Waals surface area (Å²) in [6, 6.07) is 2.17. The van der Waals surface area contributed by atoms with Crippen molar-refractivity contribution < 1.29 is 9.32 Å². The van der Waals surface area contributed by atoms with Gasteiger partial charge in [0.25, 0.3) is 11.6 Å². The van der Waals surface area contributed by atoms with Crippen LogP contribution in [-0.4, -0.2) is 47.1 Å². The van der Waals surface area contributed by atoms with Gasteiger partial charge >= 0.3 is 0 Å². The van der Waals surface area contributed by atoms with Crippen molar-refractivity contribution >= 4 is 29.4 Å². The fourth-order valence-electron chi connectivity index (χ4n) is 3.13. The van der Waals surface area contributed by atoms with Crippen LogP contribution in [-0.2, 0) is 0 Å². The summed E-state index contributed by atoms with van der Waals surface area (Å²) in [6.07, 6.45) is 1.96. The van der Waals surface area contributed by atoms with E-state index in [9.17, 15) is 4.79 Å². The summed E-state index contributed by atoms with van der Waals surface area (Å²) in [7, 11) is 1.89. The third kappa shape index (κ3) is 3.39. The van der Waals surface area contributed by atoms with Gasteiger partial charge in [-0.3, -0.25) is 4.79 Å². The maximum atomic E-state index is 13.1. The van der Waals surface area contributed by atoms with E-state index in [2.05, 4.69) is 29.3 Å². The first kappa shape index (κ1) is 18.7. The van der Waals surface area contributed by atoms with Gasteiger partial charge in [0.05, 0.1) is 16.6 Å². The van der Waals surface area contributed by atoms with E-state index in [0.717, 1.165) is 37.0 Å². The Morgan fingerprint density at radius 3 is 2.67 bits per heavy atom. The lowest BCUT2D eigenvalue weighted by molar-refractivity contribution is 0.0705. The van der Waals surface area contributed by atoms with Gasteiger partial charge in [0.1, 0.15) is 0 Å². The smallest absolute Gasteiger partial charge is 0.259 e. The summed E-state index contributed by atoms with van der Waals surface area (Å²) in [4.78, 5) is 19.5. The number of rotatable bonds is 3. The van der Waals surface area contributed by atoms with Gasteiger partial charge in [-0.2, -0.15) is 0 Å². The first-order valence-electron chi connectivity index (χ1n) is 8.23. The zero-order valence-electron chi connectivity index (χ0n) is 14.6. The molecule has 0 aromatic carbocycles. The highest BCUT2D eigenvalue weighted by molar-refractivity contribution is 6.06. The molecule has 3 heterocycles. The largest absolute Gasteiger partial charge is 0.339 e. The molecule has 1 fully saturated rings. The number of nitrogens with one attached hydrogen (secondary N) is 1. The van der Waals surface area contributed by atoms with Gasteiger partial charge in [-0.1, -0.05) is 19.0 Å². The van der Waals surface area contributed by atoms with Gasteiger partial charge in [-0.25, -0.2) is 4.98 Å². The Kier molecular flexibility index (Phi) is 5.83. The summed E-state index contributed by atoms with van der Waals surface area (Å²) in [5, 5.41) is 8.06. The Labute approximate surface area is 148 Å². The molecular formula is C17H25ClN4O2. The number of carbonyl (C=O) groups is 1. The average molecular weight is 353 g/mol. The number of pyridine rings is 1. The van der Waals surface area contributed by atoms with Crippen LogP contribution in [0.5, 0.6) is 0 Å². The van der Waals surface area contributed by atoms with Crippen molar-refractivity contribution in [3.63, 3.8) is 0 Å².